The van der Waals surface area contributed by atoms with Crippen LogP contribution in [0.4, 0.5) is 13.2 Å². The fourth-order valence-electron chi connectivity index (χ4n) is 1.24. The normalized spacial score (nSPS) is 10.4. The number of hydrogen-bond acceptors (Lipinski definition) is 2. The lowest BCUT2D eigenvalue weighted by atomic mass is 10.1. The summed E-state index contributed by atoms with van der Waals surface area (Å²) in [6, 6.07) is 4.06. The topological polar surface area (TPSA) is 17.1 Å². The first-order chi connectivity index (χ1) is 7.59. The molecule has 0 bridgehead atoms. The van der Waals surface area contributed by atoms with Crippen LogP contribution in [0.25, 0.3) is 0 Å². The van der Waals surface area contributed by atoms with Gasteiger partial charge in [-0.15, -0.1) is 11.3 Å². The Kier molecular flexibility index (Phi) is 2.78. The van der Waals surface area contributed by atoms with Gasteiger partial charge in [-0.1, -0.05) is 6.07 Å². The predicted molar refractivity (Wildman–Crippen MR) is 54.1 cm³/mol. The van der Waals surface area contributed by atoms with Gasteiger partial charge >= 0.3 is 0 Å². The van der Waals surface area contributed by atoms with Crippen LogP contribution in [-0.2, 0) is 0 Å². The molecular weight excluding hydrogens is 237 g/mol. The van der Waals surface area contributed by atoms with E-state index in [2.05, 4.69) is 0 Å². The number of ketones is 1. The molecule has 1 aromatic carbocycles. The van der Waals surface area contributed by atoms with Crippen molar-refractivity contribution in [1.29, 1.82) is 0 Å². The van der Waals surface area contributed by atoms with Crippen molar-refractivity contribution in [2.24, 2.45) is 0 Å². The minimum Gasteiger partial charge on any atom is -0.288 e. The molecule has 0 aliphatic rings. The molecule has 16 heavy (non-hydrogen) atoms. The summed E-state index contributed by atoms with van der Waals surface area (Å²) in [7, 11) is 0. The lowest BCUT2D eigenvalue weighted by Crippen LogP contribution is -2.04. The van der Waals surface area contributed by atoms with Crippen LogP contribution in [0, 0.1) is 17.5 Å². The van der Waals surface area contributed by atoms with Gasteiger partial charge in [-0.3, -0.25) is 4.79 Å². The Hall–Kier alpha value is -1.62. The van der Waals surface area contributed by atoms with E-state index in [0.29, 0.717) is 12.1 Å². The summed E-state index contributed by atoms with van der Waals surface area (Å²) in [5.41, 5.74) is -0.457. The van der Waals surface area contributed by atoms with Crippen LogP contribution in [0.5, 0.6) is 0 Å². The monoisotopic (exact) mass is 242 g/mol. The number of hydrogen-bond donors (Lipinski definition) is 0. The van der Waals surface area contributed by atoms with E-state index in [0.717, 1.165) is 11.3 Å². The second-order valence-corrected chi connectivity index (χ2v) is 4.00. The third-order valence-corrected chi connectivity index (χ3v) is 2.87. The van der Waals surface area contributed by atoms with Gasteiger partial charge in [0.05, 0.1) is 10.4 Å². The summed E-state index contributed by atoms with van der Waals surface area (Å²) in [5.74, 6) is -4.25. The third-order valence-electron chi connectivity index (χ3n) is 2.00. The van der Waals surface area contributed by atoms with Crippen molar-refractivity contribution < 1.29 is 18.0 Å². The highest BCUT2D eigenvalue weighted by Crippen LogP contribution is 2.19. The molecule has 2 aromatic rings. The molecule has 1 heterocycles. The number of thiophene rings is 1. The second-order valence-electron chi connectivity index (χ2n) is 3.05. The van der Waals surface area contributed by atoms with Crippen LogP contribution in [0.1, 0.15) is 15.2 Å². The molecule has 0 amide bonds. The minimum atomic E-state index is -1.31. The highest BCUT2D eigenvalue weighted by atomic mass is 32.1. The molecule has 5 heteroatoms. The Morgan fingerprint density at radius 3 is 2.38 bits per heavy atom. The number of halogens is 3. The van der Waals surface area contributed by atoms with Crippen LogP contribution in [0.3, 0.4) is 0 Å². The molecule has 0 aliphatic carbocycles. The van der Waals surface area contributed by atoms with Crippen LogP contribution < -0.4 is 0 Å². The van der Waals surface area contributed by atoms with Crippen LogP contribution >= 0.6 is 11.3 Å². The zero-order valence-corrected chi connectivity index (χ0v) is 8.65. The molecule has 0 spiro atoms. The van der Waals surface area contributed by atoms with Crippen molar-refractivity contribution in [3.05, 3.63) is 57.5 Å². The molecule has 2 rings (SSSR count). The van der Waals surface area contributed by atoms with Crippen molar-refractivity contribution in [3.8, 4) is 0 Å². The lowest BCUT2D eigenvalue weighted by molar-refractivity contribution is 0.103. The summed E-state index contributed by atoms with van der Waals surface area (Å²) in [6.45, 7) is 0. The van der Waals surface area contributed by atoms with Gasteiger partial charge < -0.3 is 0 Å². The number of carbonyl (C=O) groups is 1. The first-order valence-electron chi connectivity index (χ1n) is 4.32. The molecule has 0 saturated heterocycles. The smallest absolute Gasteiger partial charge is 0.205 e. The van der Waals surface area contributed by atoms with Crippen molar-refractivity contribution in [1.82, 2.24) is 0 Å². The zero-order valence-electron chi connectivity index (χ0n) is 7.84. The summed E-state index contributed by atoms with van der Waals surface area (Å²) in [4.78, 5) is 12.0. The molecule has 0 radical (unpaired) electrons. The van der Waals surface area contributed by atoms with E-state index < -0.39 is 28.8 Å². The molecule has 1 aromatic heterocycles. The van der Waals surface area contributed by atoms with Crippen LogP contribution in [0.15, 0.2) is 29.6 Å². The van der Waals surface area contributed by atoms with Gasteiger partial charge in [0.1, 0.15) is 5.82 Å². The molecule has 1 nitrogen and oxygen atoms in total. The Bertz CT molecular complexity index is 534. The first kappa shape index (κ1) is 10.9. The van der Waals surface area contributed by atoms with Gasteiger partial charge in [-0.05, 0) is 17.5 Å². The highest BCUT2D eigenvalue weighted by Gasteiger charge is 2.18. The van der Waals surface area contributed by atoms with Crippen LogP contribution in [0.2, 0.25) is 0 Å². The Morgan fingerprint density at radius 2 is 1.75 bits per heavy atom. The van der Waals surface area contributed by atoms with Gasteiger partial charge in [0, 0.05) is 6.07 Å². The molecule has 0 saturated carbocycles. The summed E-state index contributed by atoms with van der Waals surface area (Å²) in [5, 5.41) is 1.64. The Labute approximate surface area is 93.2 Å². The maximum absolute atomic E-state index is 13.2. The van der Waals surface area contributed by atoms with Crippen molar-refractivity contribution in [3.63, 3.8) is 0 Å². The molecule has 0 unspecified atom stereocenters. The molecule has 0 N–H and O–H groups in total. The van der Waals surface area contributed by atoms with Crippen molar-refractivity contribution in [2.75, 3.05) is 0 Å². The first-order valence-corrected chi connectivity index (χ1v) is 5.20. The molecule has 82 valence electrons. The minimum absolute atomic E-state index is 0.282. The van der Waals surface area contributed by atoms with E-state index >= 15 is 0 Å². The number of carbonyl (C=O) groups excluding carboxylic acids is 1. The van der Waals surface area contributed by atoms with Crippen LogP contribution in [-0.4, -0.2) is 5.78 Å². The van der Waals surface area contributed by atoms with E-state index in [1.54, 1.807) is 11.4 Å². The summed E-state index contributed by atoms with van der Waals surface area (Å²) >= 11 is 1.11. The van der Waals surface area contributed by atoms with E-state index in [-0.39, 0.29) is 4.88 Å². The van der Waals surface area contributed by atoms with E-state index in [4.69, 9.17) is 0 Å². The number of rotatable bonds is 2. The van der Waals surface area contributed by atoms with Gasteiger partial charge in [0.2, 0.25) is 5.78 Å². The highest BCUT2D eigenvalue weighted by molar-refractivity contribution is 7.12. The molecular formula is C11H5F3OS. The van der Waals surface area contributed by atoms with Gasteiger partial charge in [0.15, 0.2) is 11.6 Å². The SMILES string of the molecule is O=C(c1cccs1)c1cc(F)c(F)cc1F. The lowest BCUT2D eigenvalue weighted by Gasteiger charge is -2.01. The maximum Gasteiger partial charge on any atom is 0.205 e. The average molecular weight is 242 g/mol. The van der Waals surface area contributed by atoms with Gasteiger partial charge in [0.25, 0.3) is 0 Å². The standard InChI is InChI=1S/C11H5F3OS/c12-7-5-9(14)8(13)4-6(7)11(15)10-2-1-3-16-10/h1-5H. The van der Waals surface area contributed by atoms with E-state index in [1.807, 2.05) is 0 Å². The van der Waals surface area contributed by atoms with E-state index in [9.17, 15) is 18.0 Å². The Balaban J connectivity index is 2.49. The van der Waals surface area contributed by atoms with Crippen molar-refractivity contribution in [2.45, 2.75) is 0 Å². The average Bonchev–Trinajstić information content (AvgIpc) is 2.75. The molecule has 0 aliphatic heterocycles. The quantitative estimate of drug-likeness (QED) is 0.582. The predicted octanol–water partition coefficient (Wildman–Crippen LogP) is 3.40. The fourth-order valence-corrected chi connectivity index (χ4v) is 1.91. The molecule has 0 atom stereocenters. The largest absolute Gasteiger partial charge is 0.288 e. The third kappa shape index (κ3) is 1.86. The maximum atomic E-state index is 13.2. The number of benzene rings is 1. The zero-order chi connectivity index (χ0) is 11.7. The summed E-state index contributed by atoms with van der Waals surface area (Å²) in [6.07, 6.45) is 0. The molecule has 0 fully saturated rings. The van der Waals surface area contributed by atoms with E-state index in [1.165, 1.54) is 6.07 Å². The van der Waals surface area contributed by atoms with Crippen molar-refractivity contribution >= 4 is 17.1 Å². The Morgan fingerprint density at radius 1 is 1.06 bits per heavy atom. The van der Waals surface area contributed by atoms with Gasteiger partial charge in [-0.25, -0.2) is 13.2 Å². The fraction of sp³-hybridized carbons (Fsp3) is 0. The van der Waals surface area contributed by atoms with Gasteiger partial charge in [-0.2, -0.15) is 0 Å². The second kappa shape index (κ2) is 4.09. The summed E-state index contributed by atoms with van der Waals surface area (Å²) < 4.78 is 38.8.